The lowest BCUT2D eigenvalue weighted by molar-refractivity contribution is 0.0714. The summed E-state index contributed by atoms with van der Waals surface area (Å²) in [5, 5.41) is 0. The molecule has 0 radical (unpaired) electrons. The summed E-state index contributed by atoms with van der Waals surface area (Å²) >= 11 is 0. The second-order valence-corrected chi connectivity index (χ2v) is 6.72. The monoisotopic (exact) mass is 406 g/mol. The van der Waals surface area contributed by atoms with Gasteiger partial charge in [0.25, 0.3) is 5.91 Å². The molecular formula is C18H29Cl2FN4O. The van der Waals surface area contributed by atoms with E-state index in [4.69, 9.17) is 5.73 Å². The van der Waals surface area contributed by atoms with Crippen LogP contribution in [0.2, 0.25) is 0 Å². The van der Waals surface area contributed by atoms with Gasteiger partial charge in [0.05, 0.1) is 5.69 Å². The van der Waals surface area contributed by atoms with Crippen molar-refractivity contribution in [2.45, 2.75) is 25.8 Å². The van der Waals surface area contributed by atoms with E-state index in [0.717, 1.165) is 45.6 Å². The fourth-order valence-electron chi connectivity index (χ4n) is 3.49. The van der Waals surface area contributed by atoms with Crippen molar-refractivity contribution in [2.24, 2.45) is 5.73 Å². The third kappa shape index (κ3) is 5.22. The Bertz CT molecular complexity index is 589. The molecule has 0 saturated carbocycles. The lowest BCUT2D eigenvalue weighted by Gasteiger charge is -2.35. The number of benzene rings is 1. The van der Waals surface area contributed by atoms with E-state index in [9.17, 15) is 9.18 Å². The quantitative estimate of drug-likeness (QED) is 0.836. The molecule has 0 aliphatic carbocycles. The van der Waals surface area contributed by atoms with Crippen LogP contribution in [-0.2, 0) is 0 Å². The molecule has 1 aromatic rings. The third-order valence-corrected chi connectivity index (χ3v) is 5.18. The van der Waals surface area contributed by atoms with E-state index in [-0.39, 0.29) is 42.6 Å². The molecule has 0 spiro atoms. The first-order valence-electron chi connectivity index (χ1n) is 8.90. The van der Waals surface area contributed by atoms with Gasteiger partial charge in [-0.3, -0.25) is 4.79 Å². The van der Waals surface area contributed by atoms with E-state index in [1.54, 1.807) is 17.0 Å². The molecule has 1 aromatic carbocycles. The molecule has 1 amide bonds. The van der Waals surface area contributed by atoms with Crippen molar-refractivity contribution in [3.8, 4) is 0 Å². The fraction of sp³-hybridized carbons (Fsp3) is 0.611. The Hall–Kier alpha value is -1.08. The van der Waals surface area contributed by atoms with Crippen molar-refractivity contribution in [3.05, 3.63) is 29.6 Å². The van der Waals surface area contributed by atoms with Crippen LogP contribution in [0.15, 0.2) is 18.2 Å². The molecule has 148 valence electrons. The second-order valence-electron chi connectivity index (χ2n) is 6.72. The Morgan fingerprint density at radius 1 is 1.12 bits per heavy atom. The van der Waals surface area contributed by atoms with Gasteiger partial charge in [0.1, 0.15) is 5.82 Å². The molecule has 2 heterocycles. The Morgan fingerprint density at radius 3 is 2.27 bits per heavy atom. The zero-order valence-electron chi connectivity index (χ0n) is 15.2. The van der Waals surface area contributed by atoms with Gasteiger partial charge < -0.3 is 20.4 Å². The maximum atomic E-state index is 14.6. The standard InChI is InChI=1S/C18H27FN4O.2ClH/c1-2-21-9-11-22(12-10-21)17-4-3-14(13-16(17)19)18(24)23-7-5-15(20)6-8-23;;/h3-4,13,15H,2,5-12,20H2,1H3;2*1H. The Kier molecular flexibility index (Phi) is 9.10. The molecule has 3 rings (SSSR count). The molecule has 26 heavy (non-hydrogen) atoms. The van der Waals surface area contributed by atoms with E-state index in [2.05, 4.69) is 16.7 Å². The highest BCUT2D eigenvalue weighted by Crippen LogP contribution is 2.23. The number of piperidine rings is 1. The Balaban J connectivity index is 0.00000169. The minimum Gasteiger partial charge on any atom is -0.367 e. The number of nitrogens with two attached hydrogens (primary N) is 1. The number of carbonyl (C=O) groups is 1. The van der Waals surface area contributed by atoms with E-state index in [1.165, 1.54) is 6.07 Å². The van der Waals surface area contributed by atoms with Crippen molar-refractivity contribution in [1.82, 2.24) is 9.80 Å². The molecule has 2 saturated heterocycles. The van der Waals surface area contributed by atoms with E-state index in [1.807, 2.05) is 0 Å². The van der Waals surface area contributed by atoms with Crippen LogP contribution < -0.4 is 10.6 Å². The number of piperazine rings is 1. The fourth-order valence-corrected chi connectivity index (χ4v) is 3.49. The van der Waals surface area contributed by atoms with Crippen molar-refractivity contribution < 1.29 is 9.18 Å². The first-order chi connectivity index (χ1) is 11.6. The van der Waals surface area contributed by atoms with Gasteiger partial charge in [-0.1, -0.05) is 6.92 Å². The van der Waals surface area contributed by atoms with Crippen LogP contribution >= 0.6 is 24.8 Å². The molecular weight excluding hydrogens is 378 g/mol. The van der Waals surface area contributed by atoms with Gasteiger partial charge in [0.15, 0.2) is 0 Å². The largest absolute Gasteiger partial charge is 0.367 e. The number of likely N-dealkylation sites (N-methyl/N-ethyl adjacent to an activating group) is 1. The summed E-state index contributed by atoms with van der Waals surface area (Å²) in [6.45, 7) is 8.03. The number of hydrogen-bond acceptors (Lipinski definition) is 4. The van der Waals surface area contributed by atoms with Crippen molar-refractivity contribution >= 4 is 36.4 Å². The highest BCUT2D eigenvalue weighted by atomic mass is 35.5. The summed E-state index contributed by atoms with van der Waals surface area (Å²) in [5.41, 5.74) is 6.90. The van der Waals surface area contributed by atoms with Crippen molar-refractivity contribution in [2.75, 3.05) is 50.7 Å². The van der Waals surface area contributed by atoms with Gasteiger partial charge in [0.2, 0.25) is 0 Å². The number of amides is 1. The molecule has 0 bridgehead atoms. The number of anilines is 1. The highest BCUT2D eigenvalue weighted by Gasteiger charge is 2.24. The van der Waals surface area contributed by atoms with Crippen LogP contribution in [0.4, 0.5) is 10.1 Å². The summed E-state index contributed by atoms with van der Waals surface area (Å²) in [4.78, 5) is 18.7. The SMILES string of the molecule is CCN1CCN(c2ccc(C(=O)N3CCC(N)CC3)cc2F)CC1.Cl.Cl. The minimum atomic E-state index is -0.306. The van der Waals surface area contributed by atoms with Crippen LogP contribution in [0.25, 0.3) is 0 Å². The Labute approximate surface area is 167 Å². The zero-order chi connectivity index (χ0) is 17.1. The average molecular weight is 407 g/mol. The van der Waals surface area contributed by atoms with Crippen molar-refractivity contribution in [1.29, 1.82) is 0 Å². The predicted octanol–water partition coefficient (Wildman–Crippen LogP) is 2.37. The number of likely N-dealkylation sites (tertiary alicyclic amines) is 1. The van der Waals surface area contributed by atoms with Crippen LogP contribution in [0.1, 0.15) is 30.1 Å². The first kappa shape index (κ1) is 23.0. The molecule has 2 aliphatic rings. The van der Waals surface area contributed by atoms with Crippen LogP contribution in [0, 0.1) is 5.82 Å². The minimum absolute atomic E-state index is 0. The summed E-state index contributed by atoms with van der Waals surface area (Å²) in [7, 11) is 0. The van der Waals surface area contributed by atoms with E-state index < -0.39 is 0 Å². The molecule has 8 heteroatoms. The van der Waals surface area contributed by atoms with Gasteiger partial charge in [-0.25, -0.2) is 4.39 Å². The van der Waals surface area contributed by atoms with E-state index >= 15 is 0 Å². The predicted molar refractivity (Wildman–Crippen MR) is 108 cm³/mol. The van der Waals surface area contributed by atoms with Gasteiger partial charge >= 0.3 is 0 Å². The summed E-state index contributed by atoms with van der Waals surface area (Å²) < 4.78 is 14.6. The summed E-state index contributed by atoms with van der Waals surface area (Å²) in [5.74, 6) is -0.400. The summed E-state index contributed by atoms with van der Waals surface area (Å²) in [6, 6.07) is 5.06. The molecule has 2 aliphatic heterocycles. The Morgan fingerprint density at radius 2 is 1.73 bits per heavy atom. The van der Waals surface area contributed by atoms with Gasteiger partial charge in [0, 0.05) is 50.9 Å². The maximum absolute atomic E-state index is 14.6. The van der Waals surface area contributed by atoms with Gasteiger partial charge in [-0.15, -0.1) is 24.8 Å². The van der Waals surface area contributed by atoms with Crippen LogP contribution in [0.3, 0.4) is 0 Å². The van der Waals surface area contributed by atoms with Gasteiger partial charge in [-0.05, 0) is 37.6 Å². The van der Waals surface area contributed by atoms with Crippen LogP contribution in [0.5, 0.6) is 0 Å². The molecule has 5 nitrogen and oxygen atoms in total. The molecule has 0 unspecified atom stereocenters. The smallest absolute Gasteiger partial charge is 0.253 e. The number of carbonyl (C=O) groups excluding carboxylic acids is 1. The number of nitrogens with zero attached hydrogens (tertiary/aromatic N) is 3. The lowest BCUT2D eigenvalue weighted by atomic mass is 10.0. The number of hydrogen-bond donors (Lipinski definition) is 1. The second kappa shape index (κ2) is 10.3. The first-order valence-corrected chi connectivity index (χ1v) is 8.90. The molecule has 0 aromatic heterocycles. The van der Waals surface area contributed by atoms with E-state index in [0.29, 0.717) is 24.3 Å². The summed E-state index contributed by atoms with van der Waals surface area (Å²) in [6.07, 6.45) is 1.63. The number of rotatable bonds is 3. The highest BCUT2D eigenvalue weighted by molar-refractivity contribution is 5.94. The maximum Gasteiger partial charge on any atom is 0.253 e. The average Bonchev–Trinajstić information content (AvgIpc) is 2.62. The number of halogens is 3. The molecule has 2 N–H and O–H groups in total. The topological polar surface area (TPSA) is 52.8 Å². The van der Waals surface area contributed by atoms with Crippen molar-refractivity contribution in [3.63, 3.8) is 0 Å². The van der Waals surface area contributed by atoms with Crippen LogP contribution in [-0.4, -0.2) is 67.6 Å². The normalized spacial score (nSPS) is 18.9. The third-order valence-electron chi connectivity index (χ3n) is 5.18. The zero-order valence-corrected chi connectivity index (χ0v) is 16.8. The lowest BCUT2D eigenvalue weighted by Crippen LogP contribution is -2.46. The molecule has 0 atom stereocenters. The van der Waals surface area contributed by atoms with Gasteiger partial charge in [-0.2, -0.15) is 0 Å². The molecule has 2 fully saturated rings.